The predicted octanol–water partition coefficient (Wildman–Crippen LogP) is 1.54. The van der Waals surface area contributed by atoms with Crippen molar-refractivity contribution in [2.75, 3.05) is 6.61 Å². The normalized spacial score (nSPS) is 17.4. The number of allylic oxidation sites excluding steroid dienone is 3. The topological polar surface area (TPSA) is 52.3 Å². The van der Waals surface area contributed by atoms with E-state index in [0.29, 0.717) is 13.0 Å². The van der Waals surface area contributed by atoms with E-state index < -0.39 is 6.04 Å². The van der Waals surface area contributed by atoms with Crippen molar-refractivity contribution in [1.82, 2.24) is 0 Å². The van der Waals surface area contributed by atoms with Crippen LogP contribution in [0.2, 0.25) is 0 Å². The molecule has 0 aromatic rings. The molecule has 3 nitrogen and oxygen atoms in total. The quantitative estimate of drug-likeness (QED) is 0.692. The van der Waals surface area contributed by atoms with Gasteiger partial charge in [-0.2, -0.15) is 0 Å². The molecule has 14 heavy (non-hydrogen) atoms. The van der Waals surface area contributed by atoms with Gasteiger partial charge in [-0.1, -0.05) is 23.8 Å². The number of hydrogen-bond donors (Lipinski definition) is 1. The van der Waals surface area contributed by atoms with Crippen LogP contribution in [0.25, 0.3) is 0 Å². The molecule has 0 aliphatic heterocycles. The second kappa shape index (κ2) is 5.60. The van der Waals surface area contributed by atoms with Crippen molar-refractivity contribution in [2.45, 2.75) is 32.2 Å². The Morgan fingerprint density at radius 2 is 2.50 bits per heavy atom. The van der Waals surface area contributed by atoms with Crippen molar-refractivity contribution in [3.63, 3.8) is 0 Å². The number of carbonyl (C=O) groups excluding carboxylic acids is 1. The van der Waals surface area contributed by atoms with E-state index in [0.717, 1.165) is 12.8 Å². The van der Waals surface area contributed by atoms with Crippen LogP contribution < -0.4 is 5.73 Å². The van der Waals surface area contributed by atoms with Gasteiger partial charge in [0.05, 0.1) is 6.61 Å². The zero-order valence-corrected chi connectivity index (χ0v) is 8.53. The van der Waals surface area contributed by atoms with Crippen molar-refractivity contribution in [2.24, 2.45) is 5.73 Å². The van der Waals surface area contributed by atoms with Gasteiger partial charge < -0.3 is 10.5 Å². The Morgan fingerprint density at radius 1 is 1.71 bits per heavy atom. The number of carbonyl (C=O) groups is 1. The van der Waals surface area contributed by atoms with E-state index in [-0.39, 0.29) is 5.97 Å². The largest absolute Gasteiger partial charge is 0.465 e. The first-order valence-corrected chi connectivity index (χ1v) is 5.00. The fourth-order valence-electron chi connectivity index (χ4n) is 1.44. The number of hydrogen-bond acceptors (Lipinski definition) is 3. The summed E-state index contributed by atoms with van der Waals surface area (Å²) in [4.78, 5) is 11.2. The molecule has 0 bridgehead atoms. The van der Waals surface area contributed by atoms with Gasteiger partial charge in [-0.3, -0.25) is 4.79 Å². The van der Waals surface area contributed by atoms with Gasteiger partial charge in [0.15, 0.2) is 0 Å². The SMILES string of the molecule is CCOC(=O)C(N)CC1=CC=CCC1. The Hall–Kier alpha value is -1.09. The maximum atomic E-state index is 11.2. The maximum Gasteiger partial charge on any atom is 0.323 e. The van der Waals surface area contributed by atoms with Gasteiger partial charge in [0.1, 0.15) is 6.04 Å². The second-order valence-corrected chi connectivity index (χ2v) is 3.35. The van der Waals surface area contributed by atoms with Crippen molar-refractivity contribution >= 4 is 5.97 Å². The Bertz CT molecular complexity index is 256. The number of esters is 1. The summed E-state index contributed by atoms with van der Waals surface area (Å²) < 4.78 is 4.84. The van der Waals surface area contributed by atoms with Crippen LogP contribution in [0.5, 0.6) is 0 Å². The third kappa shape index (κ3) is 3.34. The molecule has 0 spiro atoms. The van der Waals surface area contributed by atoms with Gasteiger partial charge in [0.2, 0.25) is 0 Å². The first kappa shape index (κ1) is 11.0. The minimum Gasteiger partial charge on any atom is -0.465 e. The Kier molecular flexibility index (Phi) is 4.40. The lowest BCUT2D eigenvalue weighted by molar-refractivity contribution is -0.144. The van der Waals surface area contributed by atoms with Crippen LogP contribution in [0, 0.1) is 0 Å². The molecular weight excluding hydrogens is 178 g/mol. The minimum atomic E-state index is -0.507. The van der Waals surface area contributed by atoms with Crippen molar-refractivity contribution in [3.05, 3.63) is 23.8 Å². The average Bonchev–Trinajstić information content (AvgIpc) is 2.19. The first-order valence-electron chi connectivity index (χ1n) is 5.00. The van der Waals surface area contributed by atoms with E-state index >= 15 is 0 Å². The van der Waals surface area contributed by atoms with Gasteiger partial charge in [-0.15, -0.1) is 0 Å². The van der Waals surface area contributed by atoms with Crippen LogP contribution in [0.15, 0.2) is 23.8 Å². The number of rotatable bonds is 4. The highest BCUT2D eigenvalue weighted by molar-refractivity contribution is 5.75. The zero-order chi connectivity index (χ0) is 10.4. The van der Waals surface area contributed by atoms with Crippen molar-refractivity contribution in [1.29, 1.82) is 0 Å². The molecule has 1 aliphatic rings. The summed E-state index contributed by atoms with van der Waals surface area (Å²) >= 11 is 0. The summed E-state index contributed by atoms with van der Waals surface area (Å²) in [5.74, 6) is -0.303. The molecule has 0 fully saturated rings. The maximum absolute atomic E-state index is 11.2. The van der Waals surface area contributed by atoms with Crippen LogP contribution >= 0.6 is 0 Å². The molecule has 1 rings (SSSR count). The van der Waals surface area contributed by atoms with E-state index in [1.807, 2.05) is 12.2 Å². The highest BCUT2D eigenvalue weighted by atomic mass is 16.5. The first-order chi connectivity index (χ1) is 6.74. The summed E-state index contributed by atoms with van der Waals surface area (Å²) in [7, 11) is 0. The molecule has 0 radical (unpaired) electrons. The molecule has 3 heteroatoms. The van der Waals surface area contributed by atoms with Gasteiger partial charge in [0, 0.05) is 0 Å². The van der Waals surface area contributed by atoms with Crippen LogP contribution in [0.3, 0.4) is 0 Å². The molecule has 1 atom stereocenters. The van der Waals surface area contributed by atoms with Crippen LogP contribution in [0.4, 0.5) is 0 Å². The number of nitrogens with two attached hydrogens (primary N) is 1. The highest BCUT2D eigenvalue weighted by Gasteiger charge is 2.16. The van der Waals surface area contributed by atoms with Crippen molar-refractivity contribution in [3.8, 4) is 0 Å². The minimum absolute atomic E-state index is 0.303. The third-order valence-electron chi connectivity index (χ3n) is 2.17. The summed E-state index contributed by atoms with van der Waals surface area (Å²) in [6.45, 7) is 2.18. The highest BCUT2D eigenvalue weighted by Crippen LogP contribution is 2.16. The lowest BCUT2D eigenvalue weighted by Crippen LogP contribution is -2.32. The van der Waals surface area contributed by atoms with E-state index in [9.17, 15) is 4.79 Å². The van der Waals surface area contributed by atoms with Gasteiger partial charge >= 0.3 is 5.97 Å². The molecule has 0 aromatic heterocycles. The van der Waals surface area contributed by atoms with E-state index in [1.165, 1.54) is 5.57 Å². The summed E-state index contributed by atoms with van der Waals surface area (Å²) in [6.07, 6.45) is 8.81. The standard InChI is InChI=1S/C11H17NO2/c1-2-14-11(13)10(12)8-9-6-4-3-5-7-9/h3-4,6,10H,2,5,7-8,12H2,1H3. The van der Waals surface area contributed by atoms with Crippen molar-refractivity contribution < 1.29 is 9.53 Å². The molecular formula is C11H17NO2. The van der Waals surface area contributed by atoms with E-state index in [4.69, 9.17) is 10.5 Å². The van der Waals surface area contributed by atoms with Gasteiger partial charge in [-0.05, 0) is 26.2 Å². The Labute approximate surface area is 84.6 Å². The third-order valence-corrected chi connectivity index (χ3v) is 2.17. The smallest absolute Gasteiger partial charge is 0.323 e. The Balaban J connectivity index is 2.39. The second-order valence-electron chi connectivity index (χ2n) is 3.35. The summed E-state index contributed by atoms with van der Waals surface area (Å²) in [6, 6.07) is -0.507. The fraction of sp³-hybridized carbons (Fsp3) is 0.545. The molecule has 2 N–H and O–H groups in total. The zero-order valence-electron chi connectivity index (χ0n) is 8.53. The lowest BCUT2D eigenvalue weighted by Gasteiger charge is -2.13. The van der Waals surface area contributed by atoms with Crippen LogP contribution in [-0.4, -0.2) is 18.6 Å². The fourth-order valence-corrected chi connectivity index (χ4v) is 1.44. The molecule has 0 aromatic carbocycles. The van der Waals surface area contributed by atoms with Crippen LogP contribution in [-0.2, 0) is 9.53 Å². The lowest BCUT2D eigenvalue weighted by atomic mass is 9.98. The molecule has 0 saturated heterocycles. The summed E-state index contributed by atoms with van der Waals surface area (Å²) in [5, 5.41) is 0. The molecule has 0 amide bonds. The van der Waals surface area contributed by atoms with Gasteiger partial charge in [0.25, 0.3) is 0 Å². The molecule has 78 valence electrons. The van der Waals surface area contributed by atoms with E-state index in [1.54, 1.807) is 6.92 Å². The molecule has 1 unspecified atom stereocenters. The Morgan fingerprint density at radius 3 is 3.07 bits per heavy atom. The summed E-state index contributed by atoms with van der Waals surface area (Å²) in [5.41, 5.74) is 6.92. The monoisotopic (exact) mass is 195 g/mol. The number of ether oxygens (including phenoxy) is 1. The molecule has 0 heterocycles. The molecule has 1 aliphatic carbocycles. The average molecular weight is 195 g/mol. The predicted molar refractivity (Wildman–Crippen MR) is 55.7 cm³/mol. The van der Waals surface area contributed by atoms with Crippen LogP contribution in [0.1, 0.15) is 26.2 Å². The molecule has 0 saturated carbocycles. The van der Waals surface area contributed by atoms with Gasteiger partial charge in [-0.25, -0.2) is 0 Å². The van der Waals surface area contributed by atoms with E-state index in [2.05, 4.69) is 6.08 Å².